The van der Waals surface area contributed by atoms with Gasteiger partial charge < -0.3 is 34.4 Å². The lowest BCUT2D eigenvalue weighted by molar-refractivity contribution is 0.00706. The third-order valence-electron chi connectivity index (χ3n) is 5.43. The Labute approximate surface area is 185 Å². The smallest absolute Gasteiger partial charge is 0.296 e. The standard InChI is InChI=1S/C20H19ClF2N4O5/c1-29-8-2-11(22)9(12(23)3-8)5-24-18-10(21)4-13-19(26-18)27-20(25-13)32-15-7-31-16-14(28)6-30-17(15)16/h2-4,14-17,28H,5-7H2,1H3,(H2,24,25,26,27)/t14-,15-,16?,17?/m1/s1. The van der Waals surface area contributed by atoms with Gasteiger partial charge in [0.15, 0.2) is 11.8 Å². The molecule has 3 N–H and O–H groups in total. The molecule has 2 aliphatic rings. The Morgan fingerprint density at radius 2 is 1.94 bits per heavy atom. The van der Waals surface area contributed by atoms with Gasteiger partial charge in [0.2, 0.25) is 0 Å². The largest absolute Gasteiger partial charge is 0.497 e. The number of aromatic amines is 1. The predicted octanol–water partition coefficient (Wildman–Crippen LogP) is 2.42. The molecule has 1 aromatic carbocycles. The fourth-order valence-electron chi connectivity index (χ4n) is 3.80. The molecule has 5 rings (SSSR count). The van der Waals surface area contributed by atoms with Crippen molar-refractivity contribution in [1.82, 2.24) is 15.0 Å². The van der Waals surface area contributed by atoms with E-state index in [2.05, 4.69) is 20.3 Å². The van der Waals surface area contributed by atoms with E-state index in [1.807, 2.05) is 0 Å². The van der Waals surface area contributed by atoms with E-state index >= 15 is 0 Å². The van der Waals surface area contributed by atoms with Crippen LogP contribution in [0.4, 0.5) is 14.6 Å². The number of aliphatic hydroxyl groups is 1. The normalized spacial score (nSPS) is 24.7. The van der Waals surface area contributed by atoms with E-state index in [1.54, 1.807) is 6.07 Å². The molecule has 2 fully saturated rings. The molecular formula is C20H19ClF2N4O5. The number of methoxy groups -OCH3 is 1. The average molecular weight is 469 g/mol. The highest BCUT2D eigenvalue weighted by Crippen LogP contribution is 2.31. The van der Waals surface area contributed by atoms with E-state index in [0.29, 0.717) is 11.2 Å². The number of aromatic nitrogens is 3. The lowest BCUT2D eigenvalue weighted by Crippen LogP contribution is -2.34. The first-order valence-electron chi connectivity index (χ1n) is 9.83. The summed E-state index contributed by atoms with van der Waals surface area (Å²) >= 11 is 6.28. The first-order valence-corrected chi connectivity index (χ1v) is 10.2. The minimum Gasteiger partial charge on any atom is -0.497 e. The molecule has 4 atom stereocenters. The maximum absolute atomic E-state index is 14.2. The van der Waals surface area contributed by atoms with E-state index in [-0.39, 0.29) is 54.0 Å². The minimum atomic E-state index is -0.752. The van der Waals surface area contributed by atoms with Crippen molar-refractivity contribution in [3.05, 3.63) is 40.4 Å². The van der Waals surface area contributed by atoms with E-state index in [4.69, 9.17) is 30.5 Å². The van der Waals surface area contributed by atoms with Crippen LogP contribution in [0.3, 0.4) is 0 Å². The van der Waals surface area contributed by atoms with Gasteiger partial charge in [-0.2, -0.15) is 4.98 Å². The van der Waals surface area contributed by atoms with Crippen LogP contribution in [0, 0.1) is 11.6 Å². The first kappa shape index (κ1) is 21.1. The number of halogens is 3. The van der Waals surface area contributed by atoms with Gasteiger partial charge in [-0.25, -0.2) is 13.8 Å². The zero-order valence-corrected chi connectivity index (χ0v) is 17.5. The van der Waals surface area contributed by atoms with Gasteiger partial charge >= 0.3 is 0 Å². The maximum Gasteiger partial charge on any atom is 0.296 e. The molecule has 2 saturated heterocycles. The number of imidazole rings is 1. The summed E-state index contributed by atoms with van der Waals surface area (Å²) in [7, 11) is 1.33. The van der Waals surface area contributed by atoms with Gasteiger partial charge in [0.05, 0.1) is 30.9 Å². The molecule has 2 aliphatic heterocycles. The van der Waals surface area contributed by atoms with Crippen molar-refractivity contribution < 1.29 is 32.8 Å². The minimum absolute atomic E-state index is 0.0851. The predicted molar refractivity (Wildman–Crippen MR) is 109 cm³/mol. The van der Waals surface area contributed by atoms with Crippen molar-refractivity contribution in [3.63, 3.8) is 0 Å². The summed E-state index contributed by atoms with van der Waals surface area (Å²) in [5.41, 5.74) is 0.634. The van der Waals surface area contributed by atoms with Crippen LogP contribution in [-0.4, -0.2) is 64.8 Å². The topological polar surface area (TPSA) is 111 Å². The van der Waals surface area contributed by atoms with Crippen LogP contribution in [0.5, 0.6) is 11.8 Å². The molecule has 0 aliphatic carbocycles. The lowest BCUT2D eigenvalue weighted by atomic mass is 10.1. The molecule has 2 unspecified atom stereocenters. The number of benzene rings is 1. The second kappa shape index (κ2) is 8.32. The number of nitrogens with one attached hydrogen (secondary N) is 2. The fraction of sp³-hybridized carbons (Fsp3) is 0.400. The molecule has 32 heavy (non-hydrogen) atoms. The van der Waals surface area contributed by atoms with Gasteiger partial charge in [-0.1, -0.05) is 11.6 Å². The molecule has 0 bridgehead atoms. The van der Waals surface area contributed by atoms with E-state index in [1.165, 1.54) is 7.11 Å². The summed E-state index contributed by atoms with van der Waals surface area (Å²) in [6.45, 7) is 0.260. The number of aliphatic hydroxyl groups excluding tert-OH is 1. The van der Waals surface area contributed by atoms with E-state index in [0.717, 1.165) is 12.1 Å². The molecular weight excluding hydrogens is 450 g/mol. The number of nitrogens with zero attached hydrogens (tertiary/aromatic N) is 2. The number of pyridine rings is 1. The third-order valence-corrected chi connectivity index (χ3v) is 5.72. The fourth-order valence-corrected chi connectivity index (χ4v) is 4.02. The Morgan fingerprint density at radius 3 is 2.69 bits per heavy atom. The average Bonchev–Trinajstić information content (AvgIpc) is 3.44. The number of hydrogen-bond acceptors (Lipinski definition) is 8. The van der Waals surface area contributed by atoms with Crippen molar-refractivity contribution in [2.45, 2.75) is 31.0 Å². The Hall–Kier alpha value is -2.73. The molecule has 9 nitrogen and oxygen atoms in total. The molecule has 2 aromatic heterocycles. The van der Waals surface area contributed by atoms with Gasteiger partial charge in [0.1, 0.15) is 41.5 Å². The zero-order chi connectivity index (χ0) is 22.4. The first-order chi connectivity index (χ1) is 15.4. The number of fused-ring (bicyclic) bond motifs is 2. The van der Waals surface area contributed by atoms with E-state index < -0.39 is 29.9 Å². The summed E-state index contributed by atoms with van der Waals surface area (Å²) in [4.78, 5) is 11.6. The second-order valence-corrected chi connectivity index (χ2v) is 7.88. The molecule has 0 saturated carbocycles. The molecule has 4 heterocycles. The number of rotatable bonds is 6. The molecule has 12 heteroatoms. The summed E-state index contributed by atoms with van der Waals surface area (Å²) in [5.74, 6) is -1.21. The molecule has 170 valence electrons. The second-order valence-electron chi connectivity index (χ2n) is 7.47. The summed E-state index contributed by atoms with van der Waals surface area (Å²) in [6, 6.07) is 3.96. The highest BCUT2D eigenvalue weighted by molar-refractivity contribution is 6.33. The molecule has 0 radical (unpaired) electrons. The third kappa shape index (κ3) is 3.81. The number of ether oxygens (including phenoxy) is 4. The Morgan fingerprint density at radius 1 is 1.19 bits per heavy atom. The van der Waals surface area contributed by atoms with Crippen LogP contribution in [0.25, 0.3) is 11.2 Å². The van der Waals surface area contributed by atoms with Gasteiger partial charge in [-0.3, -0.25) is 0 Å². The van der Waals surface area contributed by atoms with Crippen molar-refractivity contribution in [2.24, 2.45) is 0 Å². The van der Waals surface area contributed by atoms with Crippen molar-refractivity contribution in [3.8, 4) is 11.8 Å². The Bertz CT molecular complexity index is 1140. The summed E-state index contributed by atoms with van der Waals surface area (Å²) in [5, 5.41) is 12.9. The van der Waals surface area contributed by atoms with Crippen LogP contribution in [0.2, 0.25) is 5.02 Å². The zero-order valence-electron chi connectivity index (χ0n) is 16.8. The quantitative estimate of drug-likeness (QED) is 0.506. The van der Waals surface area contributed by atoms with Gasteiger partial charge in [0, 0.05) is 24.2 Å². The van der Waals surface area contributed by atoms with Crippen LogP contribution < -0.4 is 14.8 Å². The van der Waals surface area contributed by atoms with E-state index in [9.17, 15) is 13.9 Å². The highest BCUT2D eigenvalue weighted by Gasteiger charge is 2.48. The molecule has 3 aromatic rings. The molecule has 0 amide bonds. The summed E-state index contributed by atoms with van der Waals surface area (Å²) in [6.07, 6.45) is -1.93. The monoisotopic (exact) mass is 468 g/mol. The van der Waals surface area contributed by atoms with Crippen molar-refractivity contribution in [1.29, 1.82) is 0 Å². The summed E-state index contributed by atoms with van der Waals surface area (Å²) < 4.78 is 50.1. The Balaban J connectivity index is 1.32. The van der Waals surface area contributed by atoms with Crippen LogP contribution in [0.1, 0.15) is 5.56 Å². The van der Waals surface area contributed by atoms with Crippen molar-refractivity contribution in [2.75, 3.05) is 25.6 Å². The highest BCUT2D eigenvalue weighted by atomic mass is 35.5. The molecule has 0 spiro atoms. The van der Waals surface area contributed by atoms with Gasteiger partial charge in [0.25, 0.3) is 6.01 Å². The van der Waals surface area contributed by atoms with Crippen LogP contribution >= 0.6 is 11.6 Å². The number of hydrogen-bond donors (Lipinski definition) is 3. The van der Waals surface area contributed by atoms with Gasteiger partial charge in [-0.05, 0) is 6.07 Å². The lowest BCUT2D eigenvalue weighted by Gasteiger charge is -2.15. The Kier molecular flexibility index (Phi) is 5.49. The SMILES string of the molecule is COc1cc(F)c(CNc2nc3nc(O[C@@H]4COC5C4OC[C@H]5O)[nH]c3cc2Cl)c(F)c1. The van der Waals surface area contributed by atoms with Crippen LogP contribution in [0.15, 0.2) is 18.2 Å². The van der Waals surface area contributed by atoms with Crippen LogP contribution in [-0.2, 0) is 16.0 Å². The number of anilines is 1. The van der Waals surface area contributed by atoms with Gasteiger partial charge in [-0.15, -0.1) is 0 Å². The maximum atomic E-state index is 14.2. The number of H-pyrrole nitrogens is 1. The van der Waals surface area contributed by atoms with Crippen molar-refractivity contribution >= 4 is 28.6 Å².